The zero-order valence-electron chi connectivity index (χ0n) is 9.51. The van der Waals surface area contributed by atoms with Crippen LogP contribution in [0.2, 0.25) is 5.02 Å². The van der Waals surface area contributed by atoms with Crippen molar-refractivity contribution in [2.75, 3.05) is 0 Å². The van der Waals surface area contributed by atoms with Gasteiger partial charge in [-0.05, 0) is 34.1 Å². The number of hydrogen-bond acceptors (Lipinski definition) is 4. The Morgan fingerprint density at radius 1 is 1.47 bits per heavy atom. The Labute approximate surface area is 127 Å². The number of rotatable bonds is 4. The Morgan fingerprint density at radius 3 is 2.95 bits per heavy atom. The predicted molar refractivity (Wildman–Crippen MR) is 77.7 cm³/mol. The summed E-state index contributed by atoms with van der Waals surface area (Å²) in [6.07, 6.45) is 1.45. The highest BCUT2D eigenvalue weighted by Crippen LogP contribution is 2.24. The molecule has 1 heterocycles. The molecule has 0 aliphatic carbocycles. The number of halogens is 2. The van der Waals surface area contributed by atoms with Gasteiger partial charge in [0.2, 0.25) is 0 Å². The van der Waals surface area contributed by atoms with Gasteiger partial charge >= 0.3 is 5.97 Å². The van der Waals surface area contributed by atoms with Crippen LogP contribution in [0.1, 0.15) is 16.3 Å². The molecule has 98 valence electrons. The number of thioether (sulfide) groups is 1. The maximum absolute atomic E-state index is 10.9. The molecule has 2 rings (SSSR count). The minimum atomic E-state index is -1.08. The van der Waals surface area contributed by atoms with E-state index in [-0.39, 0.29) is 5.69 Å². The molecule has 0 bridgehead atoms. The number of benzene rings is 1. The van der Waals surface area contributed by atoms with E-state index >= 15 is 0 Å². The largest absolute Gasteiger partial charge is 0.476 e. The molecule has 1 aromatic heterocycles. The molecule has 1 aromatic carbocycles. The highest BCUT2D eigenvalue weighted by Gasteiger charge is 2.12. The number of carboxylic acid groups (broad SMARTS) is 1. The third-order valence-electron chi connectivity index (χ3n) is 2.16. The summed E-state index contributed by atoms with van der Waals surface area (Å²) in [4.78, 5) is 20.0. The van der Waals surface area contributed by atoms with E-state index in [4.69, 9.17) is 16.7 Å². The molecule has 4 nitrogen and oxygen atoms in total. The van der Waals surface area contributed by atoms with Gasteiger partial charge in [-0.2, -0.15) is 0 Å². The van der Waals surface area contributed by atoms with Crippen LogP contribution in [0.15, 0.2) is 39.8 Å². The van der Waals surface area contributed by atoms with Crippen molar-refractivity contribution in [3.8, 4) is 0 Å². The molecule has 0 amide bonds. The van der Waals surface area contributed by atoms with Gasteiger partial charge in [0.25, 0.3) is 0 Å². The number of carboxylic acids is 1. The SMILES string of the molecule is O=C(O)c1nc(CSc2cccc(Cl)c2)ncc1Br. The second kappa shape index (κ2) is 6.36. The van der Waals surface area contributed by atoms with Crippen molar-refractivity contribution in [2.45, 2.75) is 10.6 Å². The van der Waals surface area contributed by atoms with Gasteiger partial charge < -0.3 is 5.11 Å². The van der Waals surface area contributed by atoms with Crippen LogP contribution in [0.25, 0.3) is 0 Å². The first-order chi connectivity index (χ1) is 9.06. The summed E-state index contributed by atoms with van der Waals surface area (Å²) in [7, 11) is 0. The van der Waals surface area contributed by atoms with Gasteiger partial charge in [-0.1, -0.05) is 17.7 Å². The Kier molecular flexibility index (Phi) is 4.79. The fraction of sp³-hybridized carbons (Fsp3) is 0.0833. The summed E-state index contributed by atoms with van der Waals surface area (Å²) in [5, 5.41) is 9.63. The molecule has 7 heteroatoms. The van der Waals surface area contributed by atoms with Crippen molar-refractivity contribution in [3.63, 3.8) is 0 Å². The molecule has 0 atom stereocenters. The summed E-state index contributed by atoms with van der Waals surface area (Å²) < 4.78 is 0.372. The molecule has 0 spiro atoms. The first-order valence-corrected chi connectivity index (χ1v) is 7.35. The summed E-state index contributed by atoms with van der Waals surface area (Å²) >= 11 is 10.5. The lowest BCUT2D eigenvalue weighted by atomic mass is 10.4. The molecule has 0 radical (unpaired) electrons. The van der Waals surface area contributed by atoms with Crippen molar-refractivity contribution in [2.24, 2.45) is 0 Å². The van der Waals surface area contributed by atoms with E-state index in [1.165, 1.54) is 18.0 Å². The van der Waals surface area contributed by atoms with Crippen LogP contribution in [0.3, 0.4) is 0 Å². The maximum Gasteiger partial charge on any atom is 0.355 e. The molecular formula is C12H8BrClN2O2S. The third-order valence-corrected chi connectivity index (χ3v) is 3.97. The molecule has 0 saturated heterocycles. The van der Waals surface area contributed by atoms with Crippen LogP contribution in [0.4, 0.5) is 0 Å². The van der Waals surface area contributed by atoms with Crippen molar-refractivity contribution >= 4 is 45.3 Å². The fourth-order valence-corrected chi connectivity index (χ4v) is 2.76. The first-order valence-electron chi connectivity index (χ1n) is 5.19. The Balaban J connectivity index is 2.12. The van der Waals surface area contributed by atoms with Crippen LogP contribution < -0.4 is 0 Å². The molecule has 0 aliphatic heterocycles. The summed E-state index contributed by atoms with van der Waals surface area (Å²) in [6, 6.07) is 7.41. The number of aromatic carboxylic acids is 1. The quantitative estimate of drug-likeness (QED) is 0.839. The van der Waals surface area contributed by atoms with Crippen LogP contribution in [-0.4, -0.2) is 21.0 Å². The Morgan fingerprint density at radius 2 is 2.26 bits per heavy atom. The second-order valence-electron chi connectivity index (χ2n) is 3.53. The van der Waals surface area contributed by atoms with E-state index in [9.17, 15) is 4.79 Å². The van der Waals surface area contributed by atoms with E-state index < -0.39 is 5.97 Å². The molecule has 2 aromatic rings. The van der Waals surface area contributed by atoms with Gasteiger partial charge in [0.05, 0.1) is 10.2 Å². The molecule has 0 unspecified atom stereocenters. The Bertz CT molecular complexity index is 624. The van der Waals surface area contributed by atoms with Crippen LogP contribution in [0, 0.1) is 0 Å². The highest BCUT2D eigenvalue weighted by molar-refractivity contribution is 9.10. The van der Waals surface area contributed by atoms with Crippen molar-refractivity contribution in [1.29, 1.82) is 0 Å². The maximum atomic E-state index is 10.9. The topological polar surface area (TPSA) is 63.1 Å². The highest BCUT2D eigenvalue weighted by atomic mass is 79.9. The van der Waals surface area contributed by atoms with Crippen LogP contribution in [0.5, 0.6) is 0 Å². The minimum absolute atomic E-state index is 0.0308. The smallest absolute Gasteiger partial charge is 0.355 e. The summed E-state index contributed by atoms with van der Waals surface area (Å²) in [6.45, 7) is 0. The van der Waals surface area contributed by atoms with Gasteiger partial charge in [-0.3, -0.25) is 0 Å². The lowest BCUT2D eigenvalue weighted by molar-refractivity contribution is 0.0689. The van der Waals surface area contributed by atoms with Crippen LogP contribution >= 0.6 is 39.3 Å². The van der Waals surface area contributed by atoms with Gasteiger partial charge in [0.15, 0.2) is 5.69 Å². The molecule has 1 N–H and O–H groups in total. The number of nitrogens with zero attached hydrogens (tertiary/aromatic N) is 2. The van der Waals surface area contributed by atoms with Crippen molar-refractivity contribution in [3.05, 3.63) is 51.5 Å². The standard InChI is InChI=1S/C12H8BrClN2O2S/c13-9-5-15-10(16-11(9)12(17)18)6-19-8-3-1-2-7(14)4-8/h1-5H,6H2,(H,17,18). The van der Waals surface area contributed by atoms with E-state index in [1.807, 2.05) is 18.2 Å². The van der Waals surface area contributed by atoms with E-state index in [1.54, 1.807) is 6.07 Å². The summed E-state index contributed by atoms with van der Waals surface area (Å²) in [5.74, 6) is -0.137. The summed E-state index contributed by atoms with van der Waals surface area (Å²) in [5.41, 5.74) is -0.0308. The van der Waals surface area contributed by atoms with Gasteiger partial charge in [0.1, 0.15) is 5.82 Å². The second-order valence-corrected chi connectivity index (χ2v) is 5.87. The number of hydrogen-bond donors (Lipinski definition) is 1. The minimum Gasteiger partial charge on any atom is -0.476 e. The van der Waals surface area contributed by atoms with Crippen molar-refractivity contribution in [1.82, 2.24) is 9.97 Å². The predicted octanol–water partition coefficient (Wildman–Crippen LogP) is 3.88. The zero-order valence-corrected chi connectivity index (χ0v) is 12.7. The molecular weight excluding hydrogens is 352 g/mol. The lowest BCUT2D eigenvalue weighted by Gasteiger charge is -2.03. The van der Waals surface area contributed by atoms with Gasteiger partial charge in [-0.25, -0.2) is 14.8 Å². The molecule has 0 aliphatic rings. The van der Waals surface area contributed by atoms with E-state index in [0.29, 0.717) is 21.1 Å². The normalized spacial score (nSPS) is 10.4. The van der Waals surface area contributed by atoms with Crippen LogP contribution in [-0.2, 0) is 5.75 Å². The zero-order chi connectivity index (χ0) is 13.8. The molecule has 19 heavy (non-hydrogen) atoms. The lowest BCUT2D eigenvalue weighted by Crippen LogP contribution is -2.05. The third kappa shape index (κ3) is 3.92. The average Bonchev–Trinajstić information content (AvgIpc) is 2.37. The van der Waals surface area contributed by atoms with E-state index in [2.05, 4.69) is 25.9 Å². The molecule has 0 saturated carbocycles. The number of carbonyl (C=O) groups is 1. The molecule has 0 fully saturated rings. The van der Waals surface area contributed by atoms with E-state index in [0.717, 1.165) is 4.90 Å². The van der Waals surface area contributed by atoms with Gasteiger partial charge in [-0.15, -0.1) is 11.8 Å². The monoisotopic (exact) mass is 358 g/mol. The number of aromatic nitrogens is 2. The Hall–Kier alpha value is -1.11. The van der Waals surface area contributed by atoms with Crippen molar-refractivity contribution < 1.29 is 9.90 Å². The average molecular weight is 360 g/mol. The first kappa shape index (κ1) is 14.3. The fourth-order valence-electron chi connectivity index (χ4n) is 1.33. The van der Waals surface area contributed by atoms with Gasteiger partial charge in [0, 0.05) is 16.1 Å².